The Hall–Kier alpha value is -1.18. The molecule has 1 aromatic carbocycles. The first-order chi connectivity index (χ1) is 7.22. The summed E-state index contributed by atoms with van der Waals surface area (Å²) in [5, 5.41) is 3.50. The zero-order valence-electron chi connectivity index (χ0n) is 9.76. The van der Waals surface area contributed by atoms with Crippen LogP contribution in [0.15, 0.2) is 12.1 Å². The van der Waals surface area contributed by atoms with Crippen molar-refractivity contribution in [3.8, 4) is 5.75 Å². The van der Waals surface area contributed by atoms with Crippen LogP contribution >= 0.6 is 0 Å². The maximum absolute atomic E-state index is 5.40. The summed E-state index contributed by atoms with van der Waals surface area (Å²) in [6, 6.07) is 4.26. The molecule has 1 aliphatic carbocycles. The van der Waals surface area contributed by atoms with Crippen molar-refractivity contribution < 1.29 is 4.74 Å². The molecule has 0 aromatic heterocycles. The van der Waals surface area contributed by atoms with E-state index in [4.69, 9.17) is 4.74 Å². The highest BCUT2D eigenvalue weighted by Gasteiger charge is 2.21. The second-order valence-electron chi connectivity index (χ2n) is 4.41. The Kier molecular flexibility index (Phi) is 2.85. The van der Waals surface area contributed by atoms with Crippen LogP contribution in [0, 0.1) is 19.8 Å². The van der Waals surface area contributed by atoms with Gasteiger partial charge in [-0.05, 0) is 44.2 Å². The monoisotopic (exact) mass is 205 g/mol. The first-order valence-corrected chi connectivity index (χ1v) is 5.60. The normalized spacial score (nSPS) is 15.1. The Morgan fingerprint density at radius 1 is 1.33 bits per heavy atom. The van der Waals surface area contributed by atoms with E-state index in [1.165, 1.54) is 29.7 Å². The van der Waals surface area contributed by atoms with E-state index in [0.29, 0.717) is 0 Å². The Bertz CT molecular complexity index is 356. The fourth-order valence-electron chi connectivity index (χ4n) is 1.91. The summed E-state index contributed by atoms with van der Waals surface area (Å²) >= 11 is 0. The highest BCUT2D eigenvalue weighted by molar-refractivity contribution is 5.59. The van der Waals surface area contributed by atoms with Crippen LogP contribution in [0.2, 0.25) is 0 Å². The average Bonchev–Trinajstić information content (AvgIpc) is 3.01. The average molecular weight is 205 g/mol. The minimum atomic E-state index is 0.900. The summed E-state index contributed by atoms with van der Waals surface area (Å²) < 4.78 is 5.40. The number of rotatable bonds is 4. The second kappa shape index (κ2) is 4.13. The van der Waals surface area contributed by atoms with Gasteiger partial charge in [0.15, 0.2) is 0 Å². The molecule has 0 unspecified atom stereocenters. The fourth-order valence-corrected chi connectivity index (χ4v) is 1.91. The van der Waals surface area contributed by atoms with Crippen molar-refractivity contribution in [1.82, 2.24) is 0 Å². The summed E-state index contributed by atoms with van der Waals surface area (Å²) in [6.45, 7) is 5.30. The van der Waals surface area contributed by atoms with Gasteiger partial charge >= 0.3 is 0 Å². The standard InChI is InChI=1S/C13H19NO/c1-9-4-7-12(10(2)13(9)15-3)14-8-11-5-6-11/h4,7,11,14H,5-6,8H2,1-3H3. The van der Waals surface area contributed by atoms with Gasteiger partial charge < -0.3 is 10.1 Å². The summed E-state index contributed by atoms with van der Waals surface area (Å²) in [6.07, 6.45) is 2.77. The number of hydrogen-bond donors (Lipinski definition) is 1. The van der Waals surface area contributed by atoms with E-state index in [9.17, 15) is 0 Å². The molecule has 1 fully saturated rings. The van der Waals surface area contributed by atoms with Crippen LogP contribution in [0.5, 0.6) is 5.75 Å². The molecule has 1 aromatic rings. The van der Waals surface area contributed by atoms with Gasteiger partial charge in [0.1, 0.15) is 5.75 Å². The molecule has 1 saturated carbocycles. The molecule has 0 heterocycles. The molecule has 82 valence electrons. The lowest BCUT2D eigenvalue weighted by Crippen LogP contribution is -2.05. The zero-order chi connectivity index (χ0) is 10.8. The summed E-state index contributed by atoms with van der Waals surface area (Å²) in [4.78, 5) is 0. The maximum Gasteiger partial charge on any atom is 0.126 e. The molecule has 1 N–H and O–H groups in total. The number of methoxy groups -OCH3 is 1. The maximum atomic E-state index is 5.40. The van der Waals surface area contributed by atoms with Gasteiger partial charge in [0.05, 0.1) is 7.11 Å². The summed E-state index contributed by atoms with van der Waals surface area (Å²) in [7, 11) is 1.74. The minimum absolute atomic E-state index is 0.900. The van der Waals surface area contributed by atoms with E-state index in [-0.39, 0.29) is 0 Å². The number of nitrogens with one attached hydrogen (secondary N) is 1. The Balaban J connectivity index is 2.15. The lowest BCUT2D eigenvalue weighted by atomic mass is 10.1. The summed E-state index contributed by atoms with van der Waals surface area (Å²) in [5.41, 5.74) is 3.63. The van der Waals surface area contributed by atoms with Gasteiger partial charge in [0, 0.05) is 17.8 Å². The van der Waals surface area contributed by atoms with Gasteiger partial charge in [0.25, 0.3) is 0 Å². The van der Waals surface area contributed by atoms with Crippen LogP contribution < -0.4 is 10.1 Å². The summed E-state index contributed by atoms with van der Waals surface area (Å²) in [5.74, 6) is 1.91. The third kappa shape index (κ3) is 2.25. The number of ether oxygens (including phenoxy) is 1. The minimum Gasteiger partial charge on any atom is -0.496 e. The Labute approximate surface area is 91.6 Å². The first kappa shape index (κ1) is 10.3. The van der Waals surface area contributed by atoms with Crippen LogP contribution in [0.4, 0.5) is 5.69 Å². The highest BCUT2D eigenvalue weighted by atomic mass is 16.5. The van der Waals surface area contributed by atoms with Gasteiger partial charge in [-0.1, -0.05) is 6.07 Å². The predicted octanol–water partition coefficient (Wildman–Crippen LogP) is 3.13. The molecule has 0 amide bonds. The van der Waals surface area contributed by atoms with E-state index in [1.54, 1.807) is 7.11 Å². The van der Waals surface area contributed by atoms with E-state index in [0.717, 1.165) is 18.2 Å². The molecular formula is C13H19NO. The number of benzene rings is 1. The topological polar surface area (TPSA) is 21.3 Å². The van der Waals surface area contributed by atoms with Crippen molar-refractivity contribution in [2.45, 2.75) is 26.7 Å². The lowest BCUT2D eigenvalue weighted by molar-refractivity contribution is 0.409. The largest absolute Gasteiger partial charge is 0.496 e. The number of anilines is 1. The predicted molar refractivity (Wildman–Crippen MR) is 63.7 cm³/mol. The third-order valence-electron chi connectivity index (χ3n) is 3.08. The molecule has 0 atom stereocenters. The molecule has 0 saturated heterocycles. The van der Waals surface area contributed by atoms with E-state index < -0.39 is 0 Å². The number of hydrogen-bond acceptors (Lipinski definition) is 2. The zero-order valence-corrected chi connectivity index (χ0v) is 9.76. The Morgan fingerprint density at radius 2 is 2.07 bits per heavy atom. The molecule has 2 nitrogen and oxygen atoms in total. The quantitative estimate of drug-likeness (QED) is 0.815. The number of aryl methyl sites for hydroxylation is 1. The molecule has 15 heavy (non-hydrogen) atoms. The van der Waals surface area contributed by atoms with Gasteiger partial charge in [-0.2, -0.15) is 0 Å². The molecule has 2 heteroatoms. The van der Waals surface area contributed by atoms with Gasteiger partial charge in [-0.3, -0.25) is 0 Å². The van der Waals surface area contributed by atoms with Crippen molar-refractivity contribution >= 4 is 5.69 Å². The molecule has 2 rings (SSSR count). The third-order valence-corrected chi connectivity index (χ3v) is 3.08. The van der Waals surface area contributed by atoms with E-state index in [1.807, 2.05) is 0 Å². The van der Waals surface area contributed by atoms with Crippen LogP contribution in [-0.2, 0) is 0 Å². The van der Waals surface area contributed by atoms with Crippen LogP contribution in [0.25, 0.3) is 0 Å². The van der Waals surface area contributed by atoms with Crippen molar-refractivity contribution in [2.75, 3.05) is 19.0 Å². The first-order valence-electron chi connectivity index (χ1n) is 5.60. The molecule has 1 aliphatic rings. The Morgan fingerprint density at radius 3 is 2.67 bits per heavy atom. The molecule has 0 aliphatic heterocycles. The van der Waals surface area contributed by atoms with Crippen molar-refractivity contribution in [3.63, 3.8) is 0 Å². The molecular weight excluding hydrogens is 186 g/mol. The fraction of sp³-hybridized carbons (Fsp3) is 0.538. The van der Waals surface area contributed by atoms with Gasteiger partial charge in [-0.25, -0.2) is 0 Å². The van der Waals surface area contributed by atoms with Crippen LogP contribution in [0.1, 0.15) is 24.0 Å². The van der Waals surface area contributed by atoms with Crippen LogP contribution in [0.3, 0.4) is 0 Å². The van der Waals surface area contributed by atoms with Crippen LogP contribution in [-0.4, -0.2) is 13.7 Å². The highest BCUT2D eigenvalue weighted by Crippen LogP contribution is 2.32. The van der Waals surface area contributed by atoms with Gasteiger partial charge in [-0.15, -0.1) is 0 Å². The van der Waals surface area contributed by atoms with Crippen molar-refractivity contribution in [2.24, 2.45) is 5.92 Å². The van der Waals surface area contributed by atoms with Crippen molar-refractivity contribution in [1.29, 1.82) is 0 Å². The van der Waals surface area contributed by atoms with E-state index in [2.05, 4.69) is 31.3 Å². The molecule has 0 spiro atoms. The van der Waals surface area contributed by atoms with Gasteiger partial charge in [0.2, 0.25) is 0 Å². The second-order valence-corrected chi connectivity index (χ2v) is 4.41. The van der Waals surface area contributed by atoms with E-state index >= 15 is 0 Å². The molecule has 0 radical (unpaired) electrons. The smallest absolute Gasteiger partial charge is 0.126 e. The lowest BCUT2D eigenvalue weighted by Gasteiger charge is -2.14. The SMILES string of the molecule is COc1c(C)ccc(NCC2CC2)c1C. The molecule has 0 bridgehead atoms. The van der Waals surface area contributed by atoms with Crippen molar-refractivity contribution in [3.05, 3.63) is 23.3 Å².